The maximum Gasteiger partial charge on any atom is 0.230 e. The molecule has 0 aromatic carbocycles. The lowest BCUT2D eigenvalue weighted by atomic mass is 10.0. The van der Waals surface area contributed by atoms with Crippen molar-refractivity contribution in [3.05, 3.63) is 0 Å². The van der Waals surface area contributed by atoms with E-state index in [9.17, 15) is 4.79 Å². The highest BCUT2D eigenvalue weighted by Crippen LogP contribution is 2.46. The summed E-state index contributed by atoms with van der Waals surface area (Å²) in [7, 11) is 0. The van der Waals surface area contributed by atoms with Crippen molar-refractivity contribution in [3.8, 4) is 0 Å². The number of nitrogens with zero attached hydrogens (tertiary/aromatic N) is 1. The molecule has 1 aliphatic carbocycles. The second-order valence-electron chi connectivity index (χ2n) is 5.77. The Morgan fingerprint density at radius 3 is 2.32 bits per heavy atom. The van der Waals surface area contributed by atoms with E-state index in [0.29, 0.717) is 19.5 Å². The number of aliphatic hydroxyl groups excluding tert-OH is 1. The third kappa shape index (κ3) is 5.11. The predicted octanol–water partition coefficient (Wildman–Crippen LogP) is 1.91. The van der Waals surface area contributed by atoms with E-state index in [0.717, 1.165) is 25.8 Å². The predicted molar refractivity (Wildman–Crippen MR) is 77.8 cm³/mol. The van der Waals surface area contributed by atoms with Crippen LogP contribution in [0.5, 0.6) is 0 Å². The van der Waals surface area contributed by atoms with E-state index in [1.165, 1.54) is 25.7 Å². The lowest BCUT2D eigenvalue weighted by molar-refractivity contribution is -0.136. The Morgan fingerprint density at radius 2 is 1.79 bits per heavy atom. The molecule has 0 atom stereocenters. The van der Waals surface area contributed by atoms with Gasteiger partial charge in [-0.3, -0.25) is 4.79 Å². The molecule has 0 aromatic heterocycles. The molecule has 0 aliphatic heterocycles. The second-order valence-corrected chi connectivity index (χ2v) is 5.77. The van der Waals surface area contributed by atoms with Crippen LogP contribution in [0.2, 0.25) is 0 Å². The number of nitrogens with two attached hydrogens (primary N) is 1. The second kappa shape index (κ2) is 8.54. The largest absolute Gasteiger partial charge is 0.396 e. The van der Waals surface area contributed by atoms with Crippen molar-refractivity contribution in [2.75, 3.05) is 26.2 Å². The molecule has 0 saturated heterocycles. The molecule has 112 valence electrons. The van der Waals surface area contributed by atoms with Crippen molar-refractivity contribution in [1.82, 2.24) is 4.90 Å². The van der Waals surface area contributed by atoms with Gasteiger partial charge in [-0.2, -0.15) is 0 Å². The fraction of sp³-hybridized carbons (Fsp3) is 0.933. The van der Waals surface area contributed by atoms with E-state index in [1.54, 1.807) is 0 Å². The normalized spacial score (nSPS) is 16.4. The van der Waals surface area contributed by atoms with Gasteiger partial charge in [0.05, 0.1) is 5.41 Å². The van der Waals surface area contributed by atoms with Gasteiger partial charge in [-0.1, -0.05) is 32.6 Å². The average Bonchev–Trinajstić information content (AvgIpc) is 3.22. The lowest BCUT2D eigenvalue weighted by Gasteiger charge is -2.26. The van der Waals surface area contributed by atoms with Crippen LogP contribution >= 0.6 is 0 Å². The molecule has 1 fully saturated rings. The van der Waals surface area contributed by atoms with Gasteiger partial charge in [-0.25, -0.2) is 0 Å². The van der Waals surface area contributed by atoms with Crippen molar-refractivity contribution >= 4 is 5.91 Å². The van der Waals surface area contributed by atoms with E-state index in [-0.39, 0.29) is 17.9 Å². The van der Waals surface area contributed by atoms with Crippen molar-refractivity contribution in [2.24, 2.45) is 11.1 Å². The molecule has 0 unspecified atom stereocenters. The standard InChI is InChI=1S/C15H30N2O2/c1-2-3-4-5-6-10-17(11-7-12-18)14(19)15(13-16)8-9-15/h18H,2-13,16H2,1H3. The Kier molecular flexibility index (Phi) is 7.39. The molecule has 1 saturated carbocycles. The number of carbonyl (C=O) groups excluding carboxylic acids is 1. The highest BCUT2D eigenvalue weighted by Gasteiger charge is 2.50. The lowest BCUT2D eigenvalue weighted by Crippen LogP contribution is -2.41. The first kappa shape index (κ1) is 16.4. The topological polar surface area (TPSA) is 66.6 Å². The summed E-state index contributed by atoms with van der Waals surface area (Å²) in [6.45, 7) is 4.32. The molecule has 0 radical (unpaired) electrons. The van der Waals surface area contributed by atoms with Crippen LogP contribution in [0, 0.1) is 5.41 Å². The van der Waals surface area contributed by atoms with E-state index in [2.05, 4.69) is 6.92 Å². The van der Waals surface area contributed by atoms with Gasteiger partial charge >= 0.3 is 0 Å². The minimum absolute atomic E-state index is 0.148. The van der Waals surface area contributed by atoms with Gasteiger partial charge in [-0.05, 0) is 25.7 Å². The molecule has 19 heavy (non-hydrogen) atoms. The van der Waals surface area contributed by atoms with Gasteiger partial charge in [0.15, 0.2) is 0 Å². The zero-order valence-electron chi connectivity index (χ0n) is 12.4. The first-order chi connectivity index (χ1) is 9.20. The van der Waals surface area contributed by atoms with Crippen LogP contribution in [0.3, 0.4) is 0 Å². The van der Waals surface area contributed by atoms with E-state index in [4.69, 9.17) is 10.8 Å². The van der Waals surface area contributed by atoms with E-state index < -0.39 is 0 Å². The third-order valence-corrected chi connectivity index (χ3v) is 4.10. The number of rotatable bonds is 11. The molecular weight excluding hydrogens is 240 g/mol. The Hall–Kier alpha value is -0.610. The number of unbranched alkanes of at least 4 members (excludes halogenated alkanes) is 4. The maximum absolute atomic E-state index is 12.4. The van der Waals surface area contributed by atoms with E-state index in [1.807, 2.05) is 4.90 Å². The van der Waals surface area contributed by atoms with Crippen molar-refractivity contribution in [3.63, 3.8) is 0 Å². The molecule has 0 spiro atoms. The fourth-order valence-electron chi connectivity index (χ4n) is 2.47. The summed E-state index contributed by atoms with van der Waals surface area (Å²) in [6.07, 6.45) is 8.56. The molecule has 1 aliphatic rings. The summed E-state index contributed by atoms with van der Waals surface area (Å²) in [5.41, 5.74) is 5.48. The van der Waals surface area contributed by atoms with Crippen LogP contribution in [-0.4, -0.2) is 42.2 Å². The fourth-order valence-corrected chi connectivity index (χ4v) is 2.47. The van der Waals surface area contributed by atoms with Crippen molar-refractivity contribution in [2.45, 2.75) is 58.3 Å². The van der Waals surface area contributed by atoms with Gasteiger partial charge in [0.1, 0.15) is 0 Å². The van der Waals surface area contributed by atoms with Crippen LogP contribution in [-0.2, 0) is 4.79 Å². The summed E-state index contributed by atoms with van der Waals surface area (Å²) in [6, 6.07) is 0. The first-order valence-corrected chi connectivity index (χ1v) is 7.80. The molecule has 1 amide bonds. The molecule has 0 heterocycles. The summed E-state index contributed by atoms with van der Waals surface area (Å²) in [5.74, 6) is 0.221. The van der Waals surface area contributed by atoms with Gasteiger partial charge in [-0.15, -0.1) is 0 Å². The third-order valence-electron chi connectivity index (χ3n) is 4.10. The number of hydrogen-bond acceptors (Lipinski definition) is 3. The number of aliphatic hydroxyl groups is 1. The first-order valence-electron chi connectivity index (χ1n) is 7.80. The summed E-state index contributed by atoms with van der Waals surface area (Å²) < 4.78 is 0. The Morgan fingerprint density at radius 1 is 1.16 bits per heavy atom. The quantitative estimate of drug-likeness (QED) is 0.564. The van der Waals surface area contributed by atoms with Crippen molar-refractivity contribution < 1.29 is 9.90 Å². The van der Waals surface area contributed by atoms with Crippen LogP contribution in [0.25, 0.3) is 0 Å². The zero-order chi connectivity index (χ0) is 14.1. The molecular formula is C15H30N2O2. The smallest absolute Gasteiger partial charge is 0.230 e. The van der Waals surface area contributed by atoms with E-state index >= 15 is 0 Å². The minimum atomic E-state index is -0.251. The average molecular weight is 270 g/mol. The van der Waals surface area contributed by atoms with Crippen LogP contribution in [0.4, 0.5) is 0 Å². The van der Waals surface area contributed by atoms with Crippen molar-refractivity contribution in [1.29, 1.82) is 0 Å². The SMILES string of the molecule is CCCCCCCN(CCCO)C(=O)C1(CN)CC1. The highest BCUT2D eigenvalue weighted by molar-refractivity contribution is 5.85. The van der Waals surface area contributed by atoms with Gasteiger partial charge in [0.25, 0.3) is 0 Å². The number of carbonyl (C=O) groups is 1. The zero-order valence-corrected chi connectivity index (χ0v) is 12.4. The van der Waals surface area contributed by atoms with Crippen LogP contribution in [0.15, 0.2) is 0 Å². The summed E-state index contributed by atoms with van der Waals surface area (Å²) in [4.78, 5) is 14.4. The molecule has 1 rings (SSSR count). The monoisotopic (exact) mass is 270 g/mol. The maximum atomic E-state index is 12.4. The Balaban J connectivity index is 2.36. The minimum Gasteiger partial charge on any atom is -0.396 e. The van der Waals surface area contributed by atoms with Gasteiger partial charge < -0.3 is 15.7 Å². The molecule has 3 N–H and O–H groups in total. The van der Waals surface area contributed by atoms with Crippen LogP contribution < -0.4 is 5.73 Å². The number of amides is 1. The molecule has 4 heteroatoms. The summed E-state index contributed by atoms with van der Waals surface area (Å²) in [5, 5.41) is 8.95. The van der Waals surface area contributed by atoms with Gasteiger partial charge in [0.2, 0.25) is 5.91 Å². The molecule has 4 nitrogen and oxygen atoms in total. The highest BCUT2D eigenvalue weighted by atomic mass is 16.3. The van der Waals surface area contributed by atoms with Crippen LogP contribution in [0.1, 0.15) is 58.3 Å². The number of hydrogen-bond donors (Lipinski definition) is 2. The summed E-state index contributed by atoms with van der Waals surface area (Å²) >= 11 is 0. The Labute approximate surface area is 117 Å². The Bertz CT molecular complexity index is 265. The molecule has 0 aromatic rings. The molecule has 0 bridgehead atoms. The van der Waals surface area contributed by atoms with Gasteiger partial charge in [0, 0.05) is 26.2 Å².